The van der Waals surface area contributed by atoms with Crippen LogP contribution in [0.25, 0.3) is 0 Å². The second-order valence-electron chi connectivity index (χ2n) is 8.16. The molecule has 0 saturated carbocycles. The number of rotatable bonds is 5. The number of aliphatic hydroxyl groups excluding tert-OH is 1. The van der Waals surface area contributed by atoms with Crippen molar-refractivity contribution >= 4 is 5.78 Å². The van der Waals surface area contributed by atoms with Crippen LogP contribution in [-0.2, 0) is 6.42 Å². The second kappa shape index (κ2) is 8.86. The van der Waals surface area contributed by atoms with Crippen LogP contribution in [0.2, 0.25) is 0 Å². The van der Waals surface area contributed by atoms with E-state index in [4.69, 9.17) is 9.47 Å². The Morgan fingerprint density at radius 3 is 2.39 bits per heavy atom. The third-order valence-corrected chi connectivity index (χ3v) is 5.08. The minimum absolute atomic E-state index is 0.0495. The number of carbonyl (C=O) groups is 1. The molecule has 0 bridgehead atoms. The van der Waals surface area contributed by atoms with Crippen molar-refractivity contribution in [1.82, 2.24) is 0 Å². The minimum atomic E-state index is -1.57. The van der Waals surface area contributed by atoms with Gasteiger partial charge in [0.1, 0.15) is 35.2 Å². The number of aromatic hydroxyl groups is 2. The van der Waals surface area contributed by atoms with Gasteiger partial charge in [0.25, 0.3) is 0 Å². The fraction of sp³-hybridized carbons (Fsp3) is 0.320. The lowest BCUT2D eigenvalue weighted by Crippen LogP contribution is -2.13. The SMILES string of the molecule is CC(C)=CCOc1c(C)cc(O)c2c1[C@@H](O)Oc1c(CC=C(C)C)ccc(O)c1C2=O. The van der Waals surface area contributed by atoms with Crippen LogP contribution in [0.1, 0.15) is 66.6 Å². The van der Waals surface area contributed by atoms with E-state index in [1.54, 1.807) is 13.0 Å². The van der Waals surface area contributed by atoms with Gasteiger partial charge in [-0.2, -0.15) is 0 Å². The number of allylic oxidation sites excluding steroid dienone is 3. The molecule has 0 aromatic heterocycles. The second-order valence-corrected chi connectivity index (χ2v) is 8.16. The summed E-state index contributed by atoms with van der Waals surface area (Å²) in [7, 11) is 0. The molecule has 3 N–H and O–H groups in total. The highest BCUT2D eigenvalue weighted by atomic mass is 16.6. The Bertz CT molecular complexity index is 1090. The summed E-state index contributed by atoms with van der Waals surface area (Å²) in [6.45, 7) is 9.71. The quantitative estimate of drug-likeness (QED) is 0.593. The number of ketones is 1. The predicted octanol–water partition coefficient (Wildman–Crippen LogP) is 4.87. The molecule has 164 valence electrons. The average molecular weight is 424 g/mol. The molecule has 2 aromatic carbocycles. The monoisotopic (exact) mass is 424 g/mol. The standard InChI is InChI=1S/C25H28O6/c1-13(2)6-7-16-8-9-17(26)20-22(28)19-18(27)12-15(5)23(30-11-10-14(3)4)21(19)25(29)31-24(16)20/h6,8-10,12,25-27,29H,7,11H2,1-5H3/t25-/m0/s1. The number of ether oxygens (including phenoxy) is 2. The number of phenols is 2. The molecule has 0 saturated heterocycles. The van der Waals surface area contributed by atoms with Crippen LogP contribution >= 0.6 is 0 Å². The Hall–Kier alpha value is -3.25. The van der Waals surface area contributed by atoms with Crippen molar-refractivity contribution in [2.24, 2.45) is 0 Å². The topological polar surface area (TPSA) is 96.2 Å². The van der Waals surface area contributed by atoms with Crippen molar-refractivity contribution < 1.29 is 29.6 Å². The Balaban J connectivity index is 2.21. The normalized spacial score (nSPS) is 14.6. The molecule has 0 radical (unpaired) electrons. The summed E-state index contributed by atoms with van der Waals surface area (Å²) >= 11 is 0. The van der Waals surface area contributed by atoms with Crippen LogP contribution < -0.4 is 9.47 Å². The summed E-state index contributed by atoms with van der Waals surface area (Å²) in [6.07, 6.45) is 2.71. The first-order valence-electron chi connectivity index (χ1n) is 10.1. The number of carbonyl (C=O) groups excluding carboxylic acids is 1. The molecule has 0 amide bonds. The number of aryl methyl sites for hydroxylation is 1. The number of hydrogen-bond acceptors (Lipinski definition) is 6. The Labute approximate surface area is 182 Å². The van der Waals surface area contributed by atoms with Gasteiger partial charge in [-0.25, -0.2) is 0 Å². The molecule has 6 heteroatoms. The molecule has 2 aromatic rings. The molecule has 31 heavy (non-hydrogen) atoms. The molecule has 1 heterocycles. The van der Waals surface area contributed by atoms with Crippen molar-refractivity contribution in [2.45, 2.75) is 47.3 Å². The zero-order chi connectivity index (χ0) is 22.9. The van der Waals surface area contributed by atoms with Gasteiger partial charge in [0.2, 0.25) is 12.1 Å². The summed E-state index contributed by atoms with van der Waals surface area (Å²) in [5.41, 5.74) is 3.13. The third kappa shape index (κ3) is 4.44. The molecule has 6 nitrogen and oxygen atoms in total. The summed E-state index contributed by atoms with van der Waals surface area (Å²) in [4.78, 5) is 13.5. The highest BCUT2D eigenvalue weighted by Crippen LogP contribution is 2.46. The highest BCUT2D eigenvalue weighted by molar-refractivity contribution is 6.16. The first-order valence-corrected chi connectivity index (χ1v) is 10.1. The van der Waals surface area contributed by atoms with Crippen LogP contribution in [0.15, 0.2) is 41.5 Å². The van der Waals surface area contributed by atoms with E-state index in [1.807, 2.05) is 39.8 Å². The number of hydrogen-bond donors (Lipinski definition) is 3. The van der Waals surface area contributed by atoms with E-state index in [0.717, 1.165) is 11.1 Å². The number of aliphatic hydroxyl groups is 1. The summed E-state index contributed by atoms with van der Waals surface area (Å²) in [5.74, 6) is -0.866. The van der Waals surface area contributed by atoms with Crippen LogP contribution in [-0.4, -0.2) is 27.7 Å². The molecule has 0 spiro atoms. The van der Waals surface area contributed by atoms with Gasteiger partial charge < -0.3 is 24.8 Å². The summed E-state index contributed by atoms with van der Waals surface area (Å²) in [6, 6.07) is 4.49. The van der Waals surface area contributed by atoms with Gasteiger partial charge in [0.05, 0.1) is 11.1 Å². The maximum atomic E-state index is 13.5. The molecule has 0 unspecified atom stereocenters. The average Bonchev–Trinajstić information content (AvgIpc) is 2.78. The number of fused-ring (bicyclic) bond motifs is 2. The van der Waals surface area contributed by atoms with Gasteiger partial charge in [-0.05, 0) is 70.4 Å². The van der Waals surface area contributed by atoms with Gasteiger partial charge in [-0.3, -0.25) is 4.79 Å². The predicted molar refractivity (Wildman–Crippen MR) is 118 cm³/mol. The van der Waals surface area contributed by atoms with Gasteiger partial charge in [0, 0.05) is 0 Å². The van der Waals surface area contributed by atoms with Crippen molar-refractivity contribution in [3.63, 3.8) is 0 Å². The highest BCUT2D eigenvalue weighted by Gasteiger charge is 2.36. The van der Waals surface area contributed by atoms with Crippen LogP contribution in [0.5, 0.6) is 23.0 Å². The van der Waals surface area contributed by atoms with Gasteiger partial charge in [0.15, 0.2) is 0 Å². The van der Waals surface area contributed by atoms with Gasteiger partial charge in [-0.15, -0.1) is 0 Å². The fourth-order valence-electron chi connectivity index (χ4n) is 3.50. The Morgan fingerprint density at radius 2 is 1.74 bits per heavy atom. The van der Waals surface area contributed by atoms with Gasteiger partial charge in [-0.1, -0.05) is 23.3 Å². The zero-order valence-corrected chi connectivity index (χ0v) is 18.4. The molecule has 1 atom stereocenters. The molecular weight excluding hydrogens is 396 g/mol. The van der Waals surface area contributed by atoms with Crippen LogP contribution in [0.3, 0.4) is 0 Å². The van der Waals surface area contributed by atoms with Crippen molar-refractivity contribution in [3.8, 4) is 23.0 Å². The maximum absolute atomic E-state index is 13.5. The van der Waals surface area contributed by atoms with E-state index in [1.165, 1.54) is 12.1 Å². The lowest BCUT2D eigenvalue weighted by Gasteiger charge is -2.20. The number of benzene rings is 2. The third-order valence-electron chi connectivity index (χ3n) is 5.08. The fourth-order valence-corrected chi connectivity index (χ4v) is 3.50. The smallest absolute Gasteiger partial charge is 0.228 e. The molecule has 0 aliphatic carbocycles. The Morgan fingerprint density at radius 1 is 1.06 bits per heavy atom. The first-order chi connectivity index (χ1) is 14.6. The molecule has 0 fully saturated rings. The molecule has 1 aliphatic rings. The summed E-state index contributed by atoms with van der Waals surface area (Å²) in [5, 5.41) is 32.0. The van der Waals surface area contributed by atoms with E-state index < -0.39 is 12.1 Å². The van der Waals surface area contributed by atoms with Crippen LogP contribution in [0.4, 0.5) is 0 Å². The van der Waals surface area contributed by atoms with Gasteiger partial charge >= 0.3 is 0 Å². The van der Waals surface area contributed by atoms with E-state index in [-0.39, 0.29) is 46.3 Å². The van der Waals surface area contributed by atoms with Crippen molar-refractivity contribution in [2.75, 3.05) is 6.61 Å². The van der Waals surface area contributed by atoms with E-state index in [9.17, 15) is 20.1 Å². The molecule has 3 rings (SSSR count). The van der Waals surface area contributed by atoms with E-state index in [2.05, 4.69) is 0 Å². The first kappa shape index (κ1) is 22.4. The zero-order valence-electron chi connectivity index (χ0n) is 18.4. The van der Waals surface area contributed by atoms with Crippen LogP contribution in [0, 0.1) is 6.92 Å². The molecule has 1 aliphatic heterocycles. The van der Waals surface area contributed by atoms with Crippen molar-refractivity contribution in [3.05, 3.63) is 69.3 Å². The molecular formula is C25H28O6. The largest absolute Gasteiger partial charge is 0.507 e. The van der Waals surface area contributed by atoms with E-state index >= 15 is 0 Å². The number of phenolic OH excluding ortho intramolecular Hbond substituents is 2. The minimum Gasteiger partial charge on any atom is -0.507 e. The lowest BCUT2D eigenvalue weighted by molar-refractivity contribution is -0.0215. The maximum Gasteiger partial charge on any atom is 0.228 e. The summed E-state index contributed by atoms with van der Waals surface area (Å²) < 4.78 is 11.7. The van der Waals surface area contributed by atoms with E-state index in [0.29, 0.717) is 17.5 Å². The lowest BCUT2D eigenvalue weighted by atomic mass is 9.93. The van der Waals surface area contributed by atoms with Crippen molar-refractivity contribution in [1.29, 1.82) is 0 Å². The Kier molecular flexibility index (Phi) is 6.41.